The Morgan fingerprint density at radius 2 is 2.00 bits per heavy atom. The van der Waals surface area contributed by atoms with Gasteiger partial charge in [0.1, 0.15) is 11.4 Å². The maximum atomic E-state index is 9.41. The van der Waals surface area contributed by atoms with Crippen molar-refractivity contribution in [2.75, 3.05) is 6.61 Å². The monoisotopic (exact) mass is 374 g/mol. The SMILES string of the molecule is CCOc1ccc(-c2c(C)sc3nc(-c4ccccn4)c(CC#N)n23)cc1. The predicted octanol–water partition coefficient (Wildman–Crippen LogP) is 4.90. The number of aryl methyl sites for hydroxylation is 1. The van der Waals surface area contributed by atoms with Gasteiger partial charge in [-0.2, -0.15) is 5.26 Å². The van der Waals surface area contributed by atoms with Crippen molar-refractivity contribution in [3.8, 4) is 34.5 Å². The lowest BCUT2D eigenvalue weighted by atomic mass is 10.1. The Morgan fingerprint density at radius 1 is 1.19 bits per heavy atom. The lowest BCUT2D eigenvalue weighted by molar-refractivity contribution is 0.340. The number of nitriles is 1. The first-order chi connectivity index (χ1) is 13.2. The van der Waals surface area contributed by atoms with Gasteiger partial charge in [0.05, 0.1) is 36.2 Å². The van der Waals surface area contributed by atoms with E-state index in [9.17, 15) is 5.26 Å². The zero-order valence-corrected chi connectivity index (χ0v) is 16.0. The molecule has 3 aromatic heterocycles. The van der Waals surface area contributed by atoms with Crippen LogP contribution in [-0.2, 0) is 6.42 Å². The van der Waals surface area contributed by atoms with E-state index in [1.807, 2.05) is 37.3 Å². The van der Waals surface area contributed by atoms with E-state index in [2.05, 4.69) is 34.5 Å². The third-order valence-electron chi connectivity index (χ3n) is 4.34. The van der Waals surface area contributed by atoms with Crippen molar-refractivity contribution in [2.45, 2.75) is 20.3 Å². The van der Waals surface area contributed by atoms with Crippen LogP contribution in [0.1, 0.15) is 17.5 Å². The molecule has 0 radical (unpaired) electrons. The molecular weight excluding hydrogens is 356 g/mol. The molecular formula is C21H18N4OS. The average molecular weight is 374 g/mol. The molecule has 6 heteroatoms. The van der Waals surface area contributed by atoms with Gasteiger partial charge in [-0.15, -0.1) is 11.3 Å². The van der Waals surface area contributed by atoms with Crippen LogP contribution in [0.4, 0.5) is 0 Å². The van der Waals surface area contributed by atoms with Crippen molar-refractivity contribution in [2.24, 2.45) is 0 Å². The molecule has 0 unspecified atom stereocenters. The fourth-order valence-electron chi connectivity index (χ4n) is 3.23. The highest BCUT2D eigenvalue weighted by molar-refractivity contribution is 7.17. The van der Waals surface area contributed by atoms with Gasteiger partial charge in [-0.3, -0.25) is 9.38 Å². The molecule has 5 nitrogen and oxygen atoms in total. The number of hydrogen-bond donors (Lipinski definition) is 0. The molecule has 0 spiro atoms. The van der Waals surface area contributed by atoms with Gasteiger partial charge in [-0.05, 0) is 55.8 Å². The van der Waals surface area contributed by atoms with E-state index < -0.39 is 0 Å². The van der Waals surface area contributed by atoms with Crippen LogP contribution in [0.15, 0.2) is 48.7 Å². The molecule has 0 N–H and O–H groups in total. The third-order valence-corrected chi connectivity index (χ3v) is 5.29. The zero-order valence-electron chi connectivity index (χ0n) is 15.1. The Labute approximate surface area is 161 Å². The van der Waals surface area contributed by atoms with Crippen molar-refractivity contribution in [1.82, 2.24) is 14.4 Å². The fraction of sp³-hybridized carbons (Fsp3) is 0.190. The fourth-order valence-corrected chi connectivity index (χ4v) is 4.24. The second-order valence-electron chi connectivity index (χ2n) is 6.04. The molecule has 0 saturated carbocycles. The molecule has 0 fully saturated rings. The summed E-state index contributed by atoms with van der Waals surface area (Å²) in [6, 6.07) is 16.1. The van der Waals surface area contributed by atoms with E-state index in [0.717, 1.165) is 43.9 Å². The molecule has 1 aromatic carbocycles. The molecule has 27 heavy (non-hydrogen) atoms. The Morgan fingerprint density at radius 3 is 2.67 bits per heavy atom. The molecule has 0 aliphatic heterocycles. The van der Waals surface area contributed by atoms with E-state index in [1.54, 1.807) is 17.5 Å². The lowest BCUT2D eigenvalue weighted by Crippen LogP contribution is -1.97. The van der Waals surface area contributed by atoms with Gasteiger partial charge >= 0.3 is 0 Å². The number of fused-ring (bicyclic) bond motifs is 1. The van der Waals surface area contributed by atoms with Crippen molar-refractivity contribution in [3.05, 3.63) is 59.2 Å². The van der Waals surface area contributed by atoms with Crippen molar-refractivity contribution < 1.29 is 4.74 Å². The summed E-state index contributed by atoms with van der Waals surface area (Å²) in [6.07, 6.45) is 2.02. The van der Waals surface area contributed by atoms with Crippen LogP contribution in [0.3, 0.4) is 0 Å². The first-order valence-electron chi connectivity index (χ1n) is 8.75. The molecule has 0 amide bonds. The number of pyridine rings is 1. The molecule has 0 aliphatic rings. The van der Waals surface area contributed by atoms with Crippen LogP contribution >= 0.6 is 11.3 Å². The molecule has 0 aliphatic carbocycles. The summed E-state index contributed by atoms with van der Waals surface area (Å²) in [5.41, 5.74) is 4.58. The average Bonchev–Trinajstić information content (AvgIpc) is 3.19. The maximum absolute atomic E-state index is 9.41. The minimum Gasteiger partial charge on any atom is -0.494 e. The second kappa shape index (κ2) is 7.22. The molecule has 3 heterocycles. The molecule has 134 valence electrons. The standard InChI is InChI=1S/C21H18N4OS/c1-3-26-16-9-7-15(8-10-16)20-14(2)27-21-24-19(17-6-4-5-13-23-17)18(11-12-22)25(20)21/h4-10,13H,3,11H2,1-2H3. The lowest BCUT2D eigenvalue weighted by Gasteiger charge is -2.08. The van der Waals surface area contributed by atoms with Crippen LogP contribution in [0, 0.1) is 18.3 Å². The summed E-state index contributed by atoms with van der Waals surface area (Å²) in [6.45, 7) is 4.70. The highest BCUT2D eigenvalue weighted by atomic mass is 32.1. The number of hydrogen-bond acceptors (Lipinski definition) is 5. The Kier molecular flexibility index (Phi) is 4.61. The van der Waals surface area contributed by atoms with Crippen molar-refractivity contribution in [3.63, 3.8) is 0 Å². The summed E-state index contributed by atoms with van der Waals surface area (Å²) < 4.78 is 7.65. The van der Waals surface area contributed by atoms with Gasteiger partial charge in [0.25, 0.3) is 0 Å². The van der Waals surface area contributed by atoms with E-state index in [4.69, 9.17) is 9.72 Å². The van der Waals surface area contributed by atoms with Gasteiger partial charge in [-0.25, -0.2) is 4.98 Å². The van der Waals surface area contributed by atoms with Crippen LogP contribution in [0.2, 0.25) is 0 Å². The topological polar surface area (TPSA) is 63.2 Å². The molecule has 0 bridgehead atoms. The van der Waals surface area contributed by atoms with Crippen molar-refractivity contribution >= 4 is 16.3 Å². The molecule has 0 saturated heterocycles. The van der Waals surface area contributed by atoms with Gasteiger partial charge in [-0.1, -0.05) is 6.07 Å². The predicted molar refractivity (Wildman–Crippen MR) is 107 cm³/mol. The van der Waals surface area contributed by atoms with E-state index in [1.165, 1.54) is 0 Å². The van der Waals surface area contributed by atoms with Gasteiger partial charge in [0.15, 0.2) is 4.96 Å². The Hall–Kier alpha value is -3.17. The number of benzene rings is 1. The maximum Gasteiger partial charge on any atom is 0.195 e. The Balaban J connectivity index is 1.92. The van der Waals surface area contributed by atoms with Gasteiger partial charge in [0.2, 0.25) is 0 Å². The Bertz CT molecular complexity index is 1120. The van der Waals surface area contributed by atoms with Gasteiger partial charge in [0, 0.05) is 11.1 Å². The summed E-state index contributed by atoms with van der Waals surface area (Å²) >= 11 is 1.63. The number of rotatable bonds is 5. The zero-order chi connectivity index (χ0) is 18.8. The van der Waals surface area contributed by atoms with Crippen LogP contribution in [0.25, 0.3) is 27.6 Å². The first-order valence-corrected chi connectivity index (χ1v) is 9.57. The van der Waals surface area contributed by atoms with Gasteiger partial charge < -0.3 is 4.74 Å². The van der Waals surface area contributed by atoms with E-state index in [0.29, 0.717) is 6.61 Å². The highest BCUT2D eigenvalue weighted by Crippen LogP contribution is 2.36. The smallest absolute Gasteiger partial charge is 0.195 e. The molecule has 0 atom stereocenters. The van der Waals surface area contributed by atoms with Crippen LogP contribution in [0.5, 0.6) is 5.75 Å². The van der Waals surface area contributed by atoms with Crippen LogP contribution < -0.4 is 4.74 Å². The number of aromatic nitrogens is 3. The first kappa shape index (κ1) is 17.3. The summed E-state index contributed by atoms with van der Waals surface area (Å²) in [4.78, 5) is 11.3. The molecule has 4 aromatic rings. The highest BCUT2D eigenvalue weighted by Gasteiger charge is 2.21. The molecule has 4 rings (SSSR count). The minimum absolute atomic E-state index is 0.271. The van der Waals surface area contributed by atoms with E-state index in [-0.39, 0.29) is 6.42 Å². The quantitative estimate of drug-likeness (QED) is 0.498. The number of imidazole rings is 1. The number of thiazole rings is 1. The number of nitrogens with zero attached hydrogens (tertiary/aromatic N) is 4. The minimum atomic E-state index is 0.271. The van der Waals surface area contributed by atoms with Crippen molar-refractivity contribution in [1.29, 1.82) is 5.26 Å². The third kappa shape index (κ3) is 3.07. The summed E-state index contributed by atoms with van der Waals surface area (Å²) in [5, 5.41) is 9.41. The summed E-state index contributed by atoms with van der Waals surface area (Å²) in [5.74, 6) is 0.849. The number of ether oxygens (including phenoxy) is 1. The normalized spacial score (nSPS) is 10.9. The summed E-state index contributed by atoms with van der Waals surface area (Å²) in [7, 11) is 0. The second-order valence-corrected chi connectivity index (χ2v) is 7.22. The largest absolute Gasteiger partial charge is 0.494 e. The van der Waals surface area contributed by atoms with E-state index >= 15 is 0 Å². The van der Waals surface area contributed by atoms with Crippen LogP contribution in [-0.4, -0.2) is 21.0 Å².